The molecule has 7 nitrogen and oxygen atoms in total. The van der Waals surface area contributed by atoms with Gasteiger partial charge in [-0.2, -0.15) is 0 Å². The van der Waals surface area contributed by atoms with Gasteiger partial charge in [-0.15, -0.1) is 11.8 Å². The third-order valence-corrected chi connectivity index (χ3v) is 6.53. The van der Waals surface area contributed by atoms with E-state index >= 15 is 0 Å². The second-order valence-corrected chi connectivity index (χ2v) is 8.76. The van der Waals surface area contributed by atoms with E-state index in [4.69, 9.17) is 21.1 Å². The van der Waals surface area contributed by atoms with Crippen molar-refractivity contribution in [3.63, 3.8) is 0 Å². The Bertz CT molecular complexity index is 1150. The summed E-state index contributed by atoms with van der Waals surface area (Å²) in [6, 6.07) is 19.1. The van der Waals surface area contributed by atoms with Crippen LogP contribution in [0.5, 0.6) is 11.5 Å². The first-order valence-electron chi connectivity index (χ1n) is 10.3. The van der Waals surface area contributed by atoms with Gasteiger partial charge in [0.25, 0.3) is 5.69 Å². The number of benzene rings is 3. The number of amides is 1. The van der Waals surface area contributed by atoms with Crippen molar-refractivity contribution in [2.75, 3.05) is 17.3 Å². The molecule has 1 aliphatic heterocycles. The van der Waals surface area contributed by atoms with Crippen LogP contribution < -0.4 is 14.4 Å². The lowest BCUT2D eigenvalue weighted by Crippen LogP contribution is -2.27. The predicted molar refractivity (Wildman–Crippen MR) is 129 cm³/mol. The summed E-state index contributed by atoms with van der Waals surface area (Å²) in [7, 11) is 0. The number of carbonyl (C=O) groups excluding carboxylic acids is 1. The van der Waals surface area contributed by atoms with Crippen molar-refractivity contribution in [3.8, 4) is 11.5 Å². The summed E-state index contributed by atoms with van der Waals surface area (Å²) in [4.78, 5) is 24.8. The van der Waals surface area contributed by atoms with Crippen molar-refractivity contribution in [2.45, 2.75) is 18.9 Å². The van der Waals surface area contributed by atoms with Crippen LogP contribution in [0.15, 0.2) is 66.7 Å². The maximum atomic E-state index is 12.6. The van der Waals surface area contributed by atoms with E-state index in [2.05, 4.69) is 0 Å². The average molecular weight is 485 g/mol. The molecule has 0 spiro atoms. The van der Waals surface area contributed by atoms with Gasteiger partial charge in [-0.05, 0) is 66.6 Å². The molecule has 0 bridgehead atoms. The molecule has 0 radical (unpaired) electrons. The minimum atomic E-state index is -0.435. The lowest BCUT2D eigenvalue weighted by atomic mass is 10.1. The highest BCUT2D eigenvalue weighted by molar-refractivity contribution is 8.00. The number of nitro groups is 1. The third kappa shape index (κ3) is 5.23. The molecule has 1 heterocycles. The number of nitrogens with zero attached hydrogens (tertiary/aromatic N) is 2. The van der Waals surface area contributed by atoms with Crippen LogP contribution >= 0.6 is 23.4 Å². The highest BCUT2D eigenvalue weighted by Gasteiger charge is 2.34. The molecule has 0 aliphatic carbocycles. The Morgan fingerprint density at radius 3 is 2.45 bits per heavy atom. The average Bonchev–Trinajstić information content (AvgIpc) is 3.20. The van der Waals surface area contributed by atoms with E-state index in [1.165, 1.54) is 12.1 Å². The first-order chi connectivity index (χ1) is 16.0. The highest BCUT2D eigenvalue weighted by Crippen LogP contribution is 2.44. The molecule has 4 rings (SSSR count). The number of carbonyl (C=O) groups is 1. The number of thioether (sulfide) groups is 1. The van der Waals surface area contributed by atoms with Crippen molar-refractivity contribution in [3.05, 3.63) is 93.0 Å². The van der Waals surface area contributed by atoms with E-state index in [0.717, 1.165) is 16.8 Å². The van der Waals surface area contributed by atoms with E-state index in [-0.39, 0.29) is 23.6 Å². The van der Waals surface area contributed by atoms with Crippen molar-refractivity contribution >= 4 is 40.6 Å². The Balaban J connectivity index is 1.55. The fraction of sp³-hybridized carbons (Fsp3) is 0.208. The molecule has 1 aliphatic rings. The minimum absolute atomic E-state index is 0.0313. The van der Waals surface area contributed by atoms with Crippen LogP contribution in [0, 0.1) is 10.1 Å². The molecule has 9 heteroatoms. The van der Waals surface area contributed by atoms with E-state index in [1.54, 1.807) is 40.9 Å². The number of nitro benzene ring substituents is 1. The zero-order chi connectivity index (χ0) is 23.4. The minimum Gasteiger partial charge on any atom is -0.490 e. The van der Waals surface area contributed by atoms with E-state index in [0.29, 0.717) is 28.9 Å². The standard InChI is InChI=1S/C24H21ClN2O5S/c1-2-31-22-13-17(24-26(23(28)15-33-24)19-10-6-18(25)7-11-19)5-12-21(22)32-14-16-3-8-20(9-4-16)27(29)30/h3-13,24H,2,14-15H2,1H3/t24-/m0/s1. The van der Waals surface area contributed by atoms with Gasteiger partial charge in [-0.3, -0.25) is 19.8 Å². The fourth-order valence-electron chi connectivity index (χ4n) is 3.49. The molecule has 0 unspecified atom stereocenters. The monoisotopic (exact) mass is 484 g/mol. The smallest absolute Gasteiger partial charge is 0.269 e. The molecule has 3 aromatic rings. The first-order valence-corrected chi connectivity index (χ1v) is 11.7. The second kappa shape index (κ2) is 10.1. The largest absolute Gasteiger partial charge is 0.490 e. The van der Waals surface area contributed by atoms with Crippen molar-refractivity contribution < 1.29 is 19.2 Å². The van der Waals surface area contributed by atoms with Crippen LogP contribution in [0.1, 0.15) is 23.4 Å². The number of rotatable bonds is 8. The molecule has 1 amide bonds. The normalized spacial score (nSPS) is 15.5. The summed E-state index contributed by atoms with van der Waals surface area (Å²) < 4.78 is 11.8. The number of hydrogen-bond acceptors (Lipinski definition) is 6. The Labute approximate surface area is 200 Å². The van der Waals surface area contributed by atoms with Gasteiger partial charge in [0, 0.05) is 22.8 Å². The molecule has 170 valence electrons. The number of anilines is 1. The Hall–Kier alpha value is -3.23. The predicted octanol–water partition coefficient (Wildman–Crippen LogP) is 6.00. The van der Waals surface area contributed by atoms with Gasteiger partial charge in [0.05, 0.1) is 17.3 Å². The molecule has 1 fully saturated rings. The van der Waals surface area contributed by atoms with Crippen molar-refractivity contribution in [2.24, 2.45) is 0 Å². The van der Waals surface area contributed by atoms with Crippen molar-refractivity contribution in [1.82, 2.24) is 0 Å². The Morgan fingerprint density at radius 2 is 1.79 bits per heavy atom. The van der Waals surface area contributed by atoms with Gasteiger partial charge in [0.2, 0.25) is 5.91 Å². The van der Waals surface area contributed by atoms with E-state index < -0.39 is 4.92 Å². The summed E-state index contributed by atoms with van der Waals surface area (Å²) in [6.07, 6.45) is 0. The summed E-state index contributed by atoms with van der Waals surface area (Å²) in [5, 5.41) is 11.2. The summed E-state index contributed by atoms with van der Waals surface area (Å²) >= 11 is 7.56. The Morgan fingerprint density at radius 1 is 1.06 bits per heavy atom. The van der Waals surface area contributed by atoms with Crippen LogP contribution in [0.2, 0.25) is 5.02 Å². The molecule has 1 atom stereocenters. The zero-order valence-electron chi connectivity index (χ0n) is 17.8. The van der Waals surface area contributed by atoms with Gasteiger partial charge < -0.3 is 9.47 Å². The molecule has 0 aromatic heterocycles. The van der Waals surface area contributed by atoms with Crippen LogP contribution in [-0.2, 0) is 11.4 Å². The summed E-state index contributed by atoms with van der Waals surface area (Å²) in [6.45, 7) is 2.58. The van der Waals surface area contributed by atoms with E-state index in [1.807, 2.05) is 37.3 Å². The number of ether oxygens (including phenoxy) is 2. The van der Waals surface area contributed by atoms with Crippen LogP contribution in [-0.4, -0.2) is 23.2 Å². The van der Waals surface area contributed by atoms with Crippen LogP contribution in [0.3, 0.4) is 0 Å². The number of non-ortho nitro benzene ring substituents is 1. The molecule has 3 aromatic carbocycles. The molecular weight excluding hydrogens is 464 g/mol. The molecule has 1 saturated heterocycles. The fourth-order valence-corrected chi connectivity index (χ4v) is 4.79. The van der Waals surface area contributed by atoms with Gasteiger partial charge in [-0.1, -0.05) is 17.7 Å². The van der Waals surface area contributed by atoms with Gasteiger partial charge >= 0.3 is 0 Å². The molecular formula is C24H21ClN2O5S. The third-order valence-electron chi connectivity index (χ3n) is 5.07. The lowest BCUT2D eigenvalue weighted by Gasteiger charge is -2.25. The molecule has 0 N–H and O–H groups in total. The zero-order valence-corrected chi connectivity index (χ0v) is 19.3. The van der Waals surface area contributed by atoms with Crippen LogP contribution in [0.4, 0.5) is 11.4 Å². The van der Waals surface area contributed by atoms with Gasteiger partial charge in [0.1, 0.15) is 12.0 Å². The molecule has 0 saturated carbocycles. The topological polar surface area (TPSA) is 81.9 Å². The first kappa shape index (κ1) is 22.9. The SMILES string of the molecule is CCOc1cc([C@@H]2SCC(=O)N2c2ccc(Cl)cc2)ccc1OCc1ccc([N+](=O)[O-])cc1. The summed E-state index contributed by atoms with van der Waals surface area (Å²) in [5.41, 5.74) is 2.55. The van der Waals surface area contributed by atoms with Crippen LogP contribution in [0.25, 0.3) is 0 Å². The van der Waals surface area contributed by atoms with Gasteiger partial charge in [0.15, 0.2) is 11.5 Å². The number of hydrogen-bond donors (Lipinski definition) is 0. The quantitative estimate of drug-likeness (QED) is 0.288. The molecule has 33 heavy (non-hydrogen) atoms. The lowest BCUT2D eigenvalue weighted by molar-refractivity contribution is -0.384. The second-order valence-electron chi connectivity index (χ2n) is 7.25. The van der Waals surface area contributed by atoms with Crippen molar-refractivity contribution in [1.29, 1.82) is 0 Å². The maximum Gasteiger partial charge on any atom is 0.269 e. The maximum absolute atomic E-state index is 12.6. The summed E-state index contributed by atoms with van der Waals surface area (Å²) in [5.74, 6) is 1.55. The van der Waals surface area contributed by atoms with Gasteiger partial charge in [-0.25, -0.2) is 0 Å². The highest BCUT2D eigenvalue weighted by atomic mass is 35.5. The van der Waals surface area contributed by atoms with E-state index in [9.17, 15) is 14.9 Å². The Kier molecular flexibility index (Phi) is 7.05. The number of halogens is 1.